The monoisotopic (exact) mass is 430 g/mol. The van der Waals surface area contributed by atoms with Crippen molar-refractivity contribution < 1.29 is 9.47 Å². The fourth-order valence-electron chi connectivity index (χ4n) is 3.40. The third kappa shape index (κ3) is 6.73. The van der Waals surface area contributed by atoms with Gasteiger partial charge in [0.05, 0.1) is 0 Å². The molecule has 0 spiro atoms. The van der Waals surface area contributed by atoms with Crippen molar-refractivity contribution in [2.45, 2.75) is 78.9 Å². The van der Waals surface area contributed by atoms with E-state index in [4.69, 9.17) is 21.1 Å². The lowest BCUT2D eigenvalue weighted by molar-refractivity contribution is 0.138. The van der Waals surface area contributed by atoms with Crippen molar-refractivity contribution in [1.29, 1.82) is 0 Å². The maximum absolute atomic E-state index is 6.23. The molecule has 0 bridgehead atoms. The van der Waals surface area contributed by atoms with Gasteiger partial charge in [-0.3, -0.25) is 0 Å². The van der Waals surface area contributed by atoms with E-state index in [-0.39, 0.29) is 18.1 Å². The van der Waals surface area contributed by atoms with Gasteiger partial charge in [-0.1, -0.05) is 68.6 Å². The molecule has 0 amide bonds. The summed E-state index contributed by atoms with van der Waals surface area (Å²) in [5.74, 6) is 2.31. The first-order valence-corrected chi connectivity index (χ1v) is 11.2. The van der Waals surface area contributed by atoms with Gasteiger partial charge in [-0.2, -0.15) is 4.98 Å². The van der Waals surface area contributed by atoms with Crippen LogP contribution in [0.15, 0.2) is 48.2 Å². The molecule has 0 saturated heterocycles. The summed E-state index contributed by atoms with van der Waals surface area (Å²) >= 11 is 6.23. The van der Waals surface area contributed by atoms with Crippen LogP contribution in [0.1, 0.15) is 72.2 Å². The number of unbranched alkanes of at least 4 members (excludes halogenated alkanes) is 1. The van der Waals surface area contributed by atoms with Gasteiger partial charge in [0.15, 0.2) is 5.82 Å². The summed E-state index contributed by atoms with van der Waals surface area (Å²) in [7, 11) is 0. The quantitative estimate of drug-likeness (QED) is 0.281. The standard InChI is InChI=1S/C25H35ClN2O2/c1-7-9-13-18(3)19(4)30-24-16-22(26)27-23(28-24)17-29-21(8-2)25(5,6)20-14-11-10-12-15-20/h8,10-12,14-16,18-19H,7,9,13,17H2,1-6H3/b21-8-/t18-,19-/m0/s1. The van der Waals surface area contributed by atoms with Gasteiger partial charge in [-0.25, -0.2) is 4.98 Å². The number of rotatable bonds is 11. The van der Waals surface area contributed by atoms with E-state index in [0.717, 1.165) is 12.2 Å². The van der Waals surface area contributed by atoms with Gasteiger partial charge in [0.2, 0.25) is 5.88 Å². The highest BCUT2D eigenvalue weighted by Crippen LogP contribution is 2.32. The molecule has 1 heterocycles. The molecule has 2 aromatic rings. The molecular weight excluding hydrogens is 396 g/mol. The topological polar surface area (TPSA) is 44.2 Å². The first kappa shape index (κ1) is 24.2. The predicted molar refractivity (Wildman–Crippen MR) is 124 cm³/mol. The average Bonchev–Trinajstić information content (AvgIpc) is 2.72. The second kappa shape index (κ2) is 11.4. The minimum atomic E-state index is -0.267. The van der Waals surface area contributed by atoms with Crippen LogP contribution in [0.25, 0.3) is 0 Å². The van der Waals surface area contributed by atoms with Gasteiger partial charge < -0.3 is 9.47 Å². The Morgan fingerprint density at radius 1 is 1.17 bits per heavy atom. The summed E-state index contributed by atoms with van der Waals surface area (Å²) in [4.78, 5) is 8.85. The van der Waals surface area contributed by atoms with Crippen LogP contribution in [0.5, 0.6) is 5.88 Å². The number of ether oxygens (including phenoxy) is 2. The van der Waals surface area contributed by atoms with Gasteiger partial charge in [-0.15, -0.1) is 0 Å². The maximum Gasteiger partial charge on any atom is 0.218 e. The number of aromatic nitrogens is 2. The lowest BCUT2D eigenvalue weighted by Gasteiger charge is -2.28. The van der Waals surface area contributed by atoms with E-state index in [2.05, 4.69) is 56.7 Å². The number of hydrogen-bond donors (Lipinski definition) is 0. The van der Waals surface area contributed by atoms with Crippen LogP contribution < -0.4 is 4.74 Å². The molecule has 2 rings (SSSR count). The first-order valence-electron chi connectivity index (χ1n) is 10.8. The summed E-state index contributed by atoms with van der Waals surface area (Å²) in [6.45, 7) is 13.0. The Morgan fingerprint density at radius 3 is 2.50 bits per heavy atom. The van der Waals surface area contributed by atoms with Crippen molar-refractivity contribution in [3.8, 4) is 5.88 Å². The molecule has 0 aliphatic rings. The molecule has 164 valence electrons. The third-order valence-corrected chi connectivity index (χ3v) is 5.76. The second-order valence-corrected chi connectivity index (χ2v) is 8.71. The molecule has 2 atom stereocenters. The van der Waals surface area contributed by atoms with E-state index in [1.165, 1.54) is 18.4 Å². The highest BCUT2D eigenvalue weighted by molar-refractivity contribution is 6.29. The number of nitrogens with zero attached hydrogens (tertiary/aromatic N) is 2. The lowest BCUT2D eigenvalue weighted by atomic mass is 9.82. The normalized spacial score (nSPS) is 14.3. The molecule has 0 radical (unpaired) electrons. The molecule has 0 aliphatic heterocycles. The predicted octanol–water partition coefficient (Wildman–Crippen LogP) is 7.12. The Morgan fingerprint density at radius 2 is 1.87 bits per heavy atom. The summed E-state index contributed by atoms with van der Waals surface area (Å²) in [6, 6.07) is 12.0. The Bertz CT molecular complexity index is 821. The van der Waals surface area contributed by atoms with Crippen molar-refractivity contribution in [3.05, 3.63) is 64.8 Å². The van der Waals surface area contributed by atoms with E-state index in [0.29, 0.717) is 22.8 Å². The van der Waals surface area contributed by atoms with Crippen LogP contribution in [0.2, 0.25) is 5.15 Å². The van der Waals surface area contributed by atoms with Crippen molar-refractivity contribution in [2.24, 2.45) is 5.92 Å². The van der Waals surface area contributed by atoms with Crippen molar-refractivity contribution in [3.63, 3.8) is 0 Å². The van der Waals surface area contributed by atoms with E-state index in [1.807, 2.05) is 31.2 Å². The number of hydrogen-bond acceptors (Lipinski definition) is 4. The van der Waals surface area contributed by atoms with E-state index in [1.54, 1.807) is 6.07 Å². The van der Waals surface area contributed by atoms with Crippen LogP contribution in [0.4, 0.5) is 0 Å². The molecule has 4 nitrogen and oxygen atoms in total. The highest BCUT2D eigenvalue weighted by Gasteiger charge is 2.27. The zero-order valence-corrected chi connectivity index (χ0v) is 19.9. The highest BCUT2D eigenvalue weighted by atomic mass is 35.5. The summed E-state index contributed by atoms with van der Waals surface area (Å²) in [6.07, 6.45) is 5.56. The Balaban J connectivity index is 2.08. The Kier molecular flexibility index (Phi) is 9.16. The first-order chi connectivity index (χ1) is 14.3. The summed E-state index contributed by atoms with van der Waals surface area (Å²) < 4.78 is 12.2. The van der Waals surface area contributed by atoms with Crippen molar-refractivity contribution in [2.75, 3.05) is 0 Å². The molecule has 0 unspecified atom stereocenters. The van der Waals surface area contributed by atoms with Gasteiger partial charge in [0, 0.05) is 11.5 Å². The number of allylic oxidation sites excluding steroid dienone is 2. The average molecular weight is 431 g/mol. The van der Waals surface area contributed by atoms with Crippen LogP contribution >= 0.6 is 11.6 Å². The molecule has 0 saturated carbocycles. The molecule has 30 heavy (non-hydrogen) atoms. The smallest absolute Gasteiger partial charge is 0.218 e. The van der Waals surface area contributed by atoms with Crippen molar-refractivity contribution in [1.82, 2.24) is 9.97 Å². The molecular formula is C25H35ClN2O2. The van der Waals surface area contributed by atoms with Gasteiger partial charge in [-0.05, 0) is 51.7 Å². The molecule has 0 aliphatic carbocycles. The fraction of sp³-hybridized carbons (Fsp3) is 0.520. The molecule has 1 aromatic heterocycles. The van der Waals surface area contributed by atoms with Crippen LogP contribution in [-0.4, -0.2) is 16.1 Å². The van der Waals surface area contributed by atoms with E-state index < -0.39 is 0 Å². The zero-order chi connectivity index (χ0) is 22.1. The molecule has 1 aromatic carbocycles. The minimum absolute atomic E-state index is 0.0550. The number of benzene rings is 1. The van der Waals surface area contributed by atoms with Crippen molar-refractivity contribution >= 4 is 11.6 Å². The lowest BCUT2D eigenvalue weighted by Crippen LogP contribution is -2.23. The third-order valence-electron chi connectivity index (χ3n) is 5.57. The minimum Gasteiger partial charge on any atom is -0.489 e. The molecule has 5 heteroatoms. The van der Waals surface area contributed by atoms with Gasteiger partial charge in [0.25, 0.3) is 0 Å². The second-order valence-electron chi connectivity index (χ2n) is 8.32. The maximum atomic E-state index is 6.23. The zero-order valence-electron chi connectivity index (χ0n) is 19.1. The van der Waals surface area contributed by atoms with E-state index in [9.17, 15) is 0 Å². The molecule has 0 N–H and O–H groups in total. The van der Waals surface area contributed by atoms with Crippen LogP contribution in [0, 0.1) is 5.92 Å². The van der Waals surface area contributed by atoms with Crippen LogP contribution in [-0.2, 0) is 16.8 Å². The summed E-state index contributed by atoms with van der Waals surface area (Å²) in [5, 5.41) is 0.358. The Hall–Kier alpha value is -2.07. The molecule has 0 fully saturated rings. The van der Waals surface area contributed by atoms with E-state index >= 15 is 0 Å². The van der Waals surface area contributed by atoms with Gasteiger partial charge >= 0.3 is 0 Å². The summed E-state index contributed by atoms with van der Waals surface area (Å²) in [5.41, 5.74) is 0.918. The Labute approximate surface area is 186 Å². The largest absolute Gasteiger partial charge is 0.489 e. The fourth-order valence-corrected chi connectivity index (χ4v) is 3.59. The SMILES string of the molecule is C/C=C(\OCc1nc(Cl)cc(O[C@@H](C)[C@@H](C)CCCC)n1)C(C)(C)c1ccccc1. The van der Waals surface area contributed by atoms with Gasteiger partial charge in [0.1, 0.15) is 23.6 Å². The van der Waals surface area contributed by atoms with Crippen LogP contribution in [0.3, 0.4) is 0 Å². The number of halogens is 1.